The standard InChI is InChI=1S/C16H23NO3/c1-16(2,3)20-15(18)17-13(14-11-19-14)10-9-12-7-5-4-6-8-12/h4-8,13-14H,9-11H2,1-3H3,(H,17,18)/t13-,14+/m1/s1. The molecular weight excluding hydrogens is 254 g/mol. The average molecular weight is 277 g/mol. The third-order valence-electron chi connectivity index (χ3n) is 3.10. The van der Waals surface area contributed by atoms with Crippen LogP contribution >= 0.6 is 0 Å². The molecule has 0 aromatic heterocycles. The van der Waals surface area contributed by atoms with Crippen molar-refractivity contribution in [2.75, 3.05) is 6.61 Å². The van der Waals surface area contributed by atoms with Gasteiger partial charge in [0.25, 0.3) is 0 Å². The Balaban J connectivity index is 1.83. The van der Waals surface area contributed by atoms with Crippen molar-refractivity contribution in [3.63, 3.8) is 0 Å². The Hall–Kier alpha value is -1.55. The fraction of sp³-hybridized carbons (Fsp3) is 0.562. The van der Waals surface area contributed by atoms with Gasteiger partial charge in [-0.2, -0.15) is 0 Å². The number of rotatable bonds is 5. The number of carbonyl (C=O) groups is 1. The lowest BCUT2D eigenvalue weighted by atomic mass is 10.0. The van der Waals surface area contributed by atoms with Crippen molar-refractivity contribution in [3.05, 3.63) is 35.9 Å². The van der Waals surface area contributed by atoms with Crippen molar-refractivity contribution in [2.45, 2.75) is 51.4 Å². The summed E-state index contributed by atoms with van der Waals surface area (Å²) in [4.78, 5) is 11.8. The Morgan fingerprint density at radius 1 is 1.40 bits per heavy atom. The van der Waals surface area contributed by atoms with E-state index >= 15 is 0 Å². The number of carbonyl (C=O) groups excluding carboxylic acids is 1. The van der Waals surface area contributed by atoms with Crippen molar-refractivity contribution in [3.8, 4) is 0 Å². The number of alkyl carbamates (subject to hydrolysis) is 1. The third-order valence-corrected chi connectivity index (χ3v) is 3.10. The van der Waals surface area contributed by atoms with E-state index in [-0.39, 0.29) is 18.2 Å². The molecule has 20 heavy (non-hydrogen) atoms. The van der Waals surface area contributed by atoms with Crippen LogP contribution in [-0.4, -0.2) is 30.4 Å². The zero-order valence-corrected chi connectivity index (χ0v) is 12.4. The first kappa shape index (κ1) is 14.9. The maximum atomic E-state index is 11.8. The molecule has 1 fully saturated rings. The van der Waals surface area contributed by atoms with Crippen molar-refractivity contribution in [1.29, 1.82) is 0 Å². The molecule has 0 bridgehead atoms. The first-order valence-corrected chi connectivity index (χ1v) is 7.09. The summed E-state index contributed by atoms with van der Waals surface area (Å²) >= 11 is 0. The summed E-state index contributed by atoms with van der Waals surface area (Å²) in [5.74, 6) is 0. The van der Waals surface area contributed by atoms with Gasteiger partial charge in [0.1, 0.15) is 11.7 Å². The molecule has 110 valence electrons. The van der Waals surface area contributed by atoms with Crippen LogP contribution in [-0.2, 0) is 15.9 Å². The Kier molecular flexibility index (Phi) is 4.65. The molecule has 1 N–H and O–H groups in total. The minimum absolute atomic E-state index is 0.0186. The number of aryl methyl sites for hydroxylation is 1. The van der Waals surface area contributed by atoms with E-state index in [1.165, 1.54) is 5.56 Å². The molecule has 1 aromatic rings. The highest BCUT2D eigenvalue weighted by Crippen LogP contribution is 2.19. The third kappa shape index (κ3) is 5.21. The van der Waals surface area contributed by atoms with Crippen LogP contribution in [0.3, 0.4) is 0 Å². The van der Waals surface area contributed by atoms with E-state index in [0.717, 1.165) is 19.4 Å². The summed E-state index contributed by atoms with van der Waals surface area (Å²) < 4.78 is 10.6. The van der Waals surface area contributed by atoms with Gasteiger partial charge in [0.2, 0.25) is 0 Å². The van der Waals surface area contributed by atoms with E-state index in [0.29, 0.717) is 0 Å². The molecule has 1 heterocycles. The summed E-state index contributed by atoms with van der Waals surface area (Å²) in [6.07, 6.45) is 1.53. The Bertz CT molecular complexity index is 435. The molecule has 0 spiro atoms. The highest BCUT2D eigenvalue weighted by Gasteiger charge is 2.34. The van der Waals surface area contributed by atoms with E-state index in [1.807, 2.05) is 39.0 Å². The maximum Gasteiger partial charge on any atom is 0.407 e. The first-order valence-electron chi connectivity index (χ1n) is 7.09. The summed E-state index contributed by atoms with van der Waals surface area (Å²) in [5, 5.41) is 2.92. The molecule has 0 radical (unpaired) electrons. The normalized spacial score (nSPS) is 19.2. The van der Waals surface area contributed by atoms with Gasteiger partial charge < -0.3 is 14.8 Å². The second-order valence-corrected chi connectivity index (χ2v) is 6.15. The van der Waals surface area contributed by atoms with E-state index in [4.69, 9.17) is 9.47 Å². The Labute approximate surface area is 120 Å². The van der Waals surface area contributed by atoms with Gasteiger partial charge in [-0.25, -0.2) is 4.79 Å². The number of hydrogen-bond acceptors (Lipinski definition) is 3. The molecule has 1 aromatic carbocycles. The van der Waals surface area contributed by atoms with Crippen LogP contribution in [0, 0.1) is 0 Å². The monoisotopic (exact) mass is 277 g/mol. The quantitative estimate of drug-likeness (QED) is 0.842. The highest BCUT2D eigenvalue weighted by molar-refractivity contribution is 5.68. The maximum absolute atomic E-state index is 11.8. The lowest BCUT2D eigenvalue weighted by Crippen LogP contribution is -2.42. The number of benzene rings is 1. The highest BCUT2D eigenvalue weighted by atomic mass is 16.6. The predicted molar refractivity (Wildman–Crippen MR) is 77.7 cm³/mol. The molecule has 0 aliphatic carbocycles. The zero-order chi connectivity index (χ0) is 14.6. The lowest BCUT2D eigenvalue weighted by molar-refractivity contribution is 0.0492. The molecule has 1 aliphatic heterocycles. The second kappa shape index (κ2) is 6.27. The summed E-state index contributed by atoms with van der Waals surface area (Å²) in [5.41, 5.74) is 0.794. The summed E-state index contributed by atoms with van der Waals surface area (Å²) in [6, 6.07) is 10.3. The molecule has 1 saturated heterocycles. The molecule has 4 nitrogen and oxygen atoms in total. The Morgan fingerprint density at radius 2 is 2.05 bits per heavy atom. The number of nitrogens with one attached hydrogen (secondary N) is 1. The Morgan fingerprint density at radius 3 is 2.60 bits per heavy atom. The SMILES string of the molecule is CC(C)(C)OC(=O)N[C@H](CCc1ccccc1)[C@@H]1CO1. The number of amides is 1. The van der Waals surface area contributed by atoms with Crippen LogP contribution in [0.5, 0.6) is 0 Å². The molecule has 0 saturated carbocycles. The van der Waals surface area contributed by atoms with Crippen molar-refractivity contribution in [1.82, 2.24) is 5.32 Å². The molecule has 2 rings (SSSR count). The van der Waals surface area contributed by atoms with Gasteiger partial charge in [-0.3, -0.25) is 0 Å². The molecule has 1 amide bonds. The minimum Gasteiger partial charge on any atom is -0.444 e. The van der Waals surface area contributed by atoms with Gasteiger partial charge in [-0.15, -0.1) is 0 Å². The van der Waals surface area contributed by atoms with Gasteiger partial charge in [-0.1, -0.05) is 30.3 Å². The van der Waals surface area contributed by atoms with Gasteiger partial charge in [-0.05, 0) is 39.2 Å². The van der Waals surface area contributed by atoms with Gasteiger partial charge in [0.15, 0.2) is 0 Å². The van der Waals surface area contributed by atoms with E-state index in [9.17, 15) is 4.79 Å². The number of ether oxygens (including phenoxy) is 2. The topological polar surface area (TPSA) is 50.9 Å². The van der Waals surface area contributed by atoms with Crippen molar-refractivity contribution in [2.24, 2.45) is 0 Å². The number of epoxide rings is 1. The van der Waals surface area contributed by atoms with Crippen LogP contribution in [0.2, 0.25) is 0 Å². The lowest BCUT2D eigenvalue weighted by Gasteiger charge is -2.23. The van der Waals surface area contributed by atoms with Crippen molar-refractivity contribution >= 4 is 6.09 Å². The van der Waals surface area contributed by atoms with E-state index in [2.05, 4.69) is 17.4 Å². The van der Waals surface area contributed by atoms with E-state index in [1.54, 1.807) is 0 Å². The summed E-state index contributed by atoms with van der Waals surface area (Å²) in [7, 11) is 0. The largest absolute Gasteiger partial charge is 0.444 e. The second-order valence-electron chi connectivity index (χ2n) is 6.15. The van der Waals surface area contributed by atoms with Gasteiger partial charge in [0, 0.05) is 0 Å². The molecule has 4 heteroatoms. The molecule has 2 atom stereocenters. The molecular formula is C16H23NO3. The van der Waals surface area contributed by atoms with Gasteiger partial charge >= 0.3 is 6.09 Å². The molecule has 0 unspecified atom stereocenters. The summed E-state index contributed by atoms with van der Waals surface area (Å²) in [6.45, 7) is 6.30. The van der Waals surface area contributed by atoms with Crippen LogP contribution < -0.4 is 5.32 Å². The average Bonchev–Trinajstić information content (AvgIpc) is 3.17. The smallest absolute Gasteiger partial charge is 0.407 e. The van der Waals surface area contributed by atoms with Crippen LogP contribution in [0.4, 0.5) is 4.79 Å². The van der Waals surface area contributed by atoms with Gasteiger partial charge in [0.05, 0.1) is 12.6 Å². The van der Waals surface area contributed by atoms with Crippen LogP contribution in [0.15, 0.2) is 30.3 Å². The van der Waals surface area contributed by atoms with Crippen molar-refractivity contribution < 1.29 is 14.3 Å². The molecule has 1 aliphatic rings. The number of hydrogen-bond donors (Lipinski definition) is 1. The predicted octanol–water partition coefficient (Wildman–Crippen LogP) is 2.91. The van der Waals surface area contributed by atoms with Crippen LogP contribution in [0.25, 0.3) is 0 Å². The zero-order valence-electron chi connectivity index (χ0n) is 12.4. The van der Waals surface area contributed by atoms with Crippen LogP contribution in [0.1, 0.15) is 32.8 Å². The minimum atomic E-state index is -0.474. The van der Waals surface area contributed by atoms with E-state index < -0.39 is 5.60 Å². The fourth-order valence-electron chi connectivity index (χ4n) is 2.06. The first-order chi connectivity index (χ1) is 9.44. The fourth-order valence-corrected chi connectivity index (χ4v) is 2.06.